The highest BCUT2D eigenvalue weighted by atomic mass is 14.2. The third-order valence-corrected chi connectivity index (χ3v) is 2.44. The van der Waals surface area contributed by atoms with Gasteiger partial charge in [-0.25, -0.2) is 0 Å². The first-order valence-corrected chi connectivity index (χ1v) is 4.48. The van der Waals surface area contributed by atoms with E-state index in [4.69, 9.17) is 0 Å². The Bertz CT molecular complexity index is 122. The van der Waals surface area contributed by atoms with Gasteiger partial charge in [0.25, 0.3) is 0 Å². The van der Waals surface area contributed by atoms with Crippen LogP contribution in [0.3, 0.4) is 0 Å². The first-order chi connectivity index (χ1) is 4.83. The highest BCUT2D eigenvalue weighted by Crippen LogP contribution is 2.26. The van der Waals surface area contributed by atoms with Gasteiger partial charge in [0.2, 0.25) is 0 Å². The van der Waals surface area contributed by atoms with Gasteiger partial charge in [-0.3, -0.25) is 0 Å². The summed E-state index contributed by atoms with van der Waals surface area (Å²) in [6.45, 7) is 4.54. The van der Waals surface area contributed by atoms with Crippen LogP contribution >= 0.6 is 0 Å². The van der Waals surface area contributed by atoms with Gasteiger partial charge in [0.15, 0.2) is 0 Å². The summed E-state index contributed by atoms with van der Waals surface area (Å²) in [5.74, 6) is 1.01. The molecule has 0 heteroatoms. The molecule has 58 valence electrons. The van der Waals surface area contributed by atoms with Crippen LogP contribution in [0, 0.1) is 5.92 Å². The van der Waals surface area contributed by atoms with E-state index in [1.165, 1.54) is 32.1 Å². The van der Waals surface area contributed by atoms with E-state index in [0.717, 1.165) is 5.92 Å². The number of hydrogen-bond donors (Lipinski definition) is 0. The molecule has 0 N–H and O–H groups in total. The summed E-state index contributed by atoms with van der Waals surface area (Å²) >= 11 is 0. The average Bonchev–Trinajstić information content (AvgIpc) is 1.95. The Morgan fingerprint density at radius 2 is 2.40 bits per heavy atom. The summed E-state index contributed by atoms with van der Waals surface area (Å²) in [4.78, 5) is 0. The third-order valence-electron chi connectivity index (χ3n) is 2.44. The van der Waals surface area contributed by atoms with Crippen molar-refractivity contribution in [1.29, 1.82) is 0 Å². The molecular formula is C10H18. The lowest BCUT2D eigenvalue weighted by molar-refractivity contribution is 0.432. The minimum atomic E-state index is 1.01. The molecule has 0 spiro atoms. The first kappa shape index (κ1) is 7.84. The van der Waals surface area contributed by atoms with Crippen molar-refractivity contribution in [2.24, 2.45) is 5.92 Å². The minimum absolute atomic E-state index is 1.01. The Balaban J connectivity index is 2.27. The van der Waals surface area contributed by atoms with Crippen molar-refractivity contribution in [2.45, 2.75) is 46.0 Å². The van der Waals surface area contributed by atoms with Crippen LogP contribution in [-0.4, -0.2) is 0 Å². The molecule has 0 saturated heterocycles. The highest BCUT2D eigenvalue weighted by Gasteiger charge is 2.10. The van der Waals surface area contributed by atoms with Crippen molar-refractivity contribution in [3.63, 3.8) is 0 Å². The van der Waals surface area contributed by atoms with Gasteiger partial charge in [-0.05, 0) is 32.1 Å². The quantitative estimate of drug-likeness (QED) is 0.512. The average molecular weight is 138 g/mol. The summed E-state index contributed by atoms with van der Waals surface area (Å²) in [6.07, 6.45) is 9.35. The topological polar surface area (TPSA) is 0 Å². The van der Waals surface area contributed by atoms with E-state index >= 15 is 0 Å². The number of rotatable bonds is 2. The molecule has 1 atom stereocenters. The fourth-order valence-electron chi connectivity index (χ4n) is 1.69. The van der Waals surface area contributed by atoms with E-state index in [0.29, 0.717) is 0 Å². The van der Waals surface area contributed by atoms with E-state index < -0.39 is 0 Å². The van der Waals surface area contributed by atoms with Gasteiger partial charge < -0.3 is 0 Å². The third kappa shape index (κ3) is 2.17. The summed E-state index contributed by atoms with van der Waals surface area (Å²) in [5.41, 5.74) is 1.60. The molecule has 0 nitrogen and oxygen atoms in total. The van der Waals surface area contributed by atoms with Crippen LogP contribution < -0.4 is 0 Å². The largest absolute Gasteiger partial charge is 0.0853 e. The molecule has 0 fully saturated rings. The molecule has 1 aliphatic rings. The van der Waals surface area contributed by atoms with Gasteiger partial charge in [-0.1, -0.05) is 31.4 Å². The summed E-state index contributed by atoms with van der Waals surface area (Å²) in [7, 11) is 0. The molecule has 0 aromatic rings. The molecular weight excluding hydrogens is 120 g/mol. The molecule has 0 aliphatic heterocycles. The lowest BCUT2D eigenvalue weighted by atomic mass is 9.87. The van der Waals surface area contributed by atoms with Crippen LogP contribution in [0.4, 0.5) is 0 Å². The molecule has 0 radical (unpaired) electrons. The van der Waals surface area contributed by atoms with Crippen LogP contribution in [0.15, 0.2) is 11.6 Å². The predicted molar refractivity (Wildman–Crippen MR) is 46.0 cm³/mol. The molecule has 0 amide bonds. The molecule has 1 aliphatic carbocycles. The molecule has 0 unspecified atom stereocenters. The Morgan fingerprint density at radius 3 is 2.90 bits per heavy atom. The predicted octanol–water partition coefficient (Wildman–Crippen LogP) is 3.53. The summed E-state index contributed by atoms with van der Waals surface area (Å²) in [5, 5.41) is 0. The van der Waals surface area contributed by atoms with Crippen molar-refractivity contribution in [3.05, 3.63) is 11.6 Å². The van der Waals surface area contributed by atoms with E-state index in [-0.39, 0.29) is 0 Å². The lowest BCUT2D eigenvalue weighted by Gasteiger charge is -2.19. The molecule has 0 aromatic heterocycles. The zero-order valence-electron chi connectivity index (χ0n) is 7.19. The smallest absolute Gasteiger partial charge is 0.0320 e. The lowest BCUT2D eigenvalue weighted by Crippen LogP contribution is -2.03. The number of hydrogen-bond acceptors (Lipinski definition) is 0. The molecule has 0 heterocycles. The van der Waals surface area contributed by atoms with Gasteiger partial charge >= 0.3 is 0 Å². The van der Waals surface area contributed by atoms with E-state index in [2.05, 4.69) is 19.9 Å². The highest BCUT2D eigenvalue weighted by molar-refractivity contribution is 5.02. The monoisotopic (exact) mass is 138 g/mol. The van der Waals surface area contributed by atoms with Crippen molar-refractivity contribution in [1.82, 2.24) is 0 Å². The Hall–Kier alpha value is -0.260. The Morgan fingerprint density at radius 1 is 1.60 bits per heavy atom. The number of allylic oxidation sites excluding steroid dienone is 2. The molecule has 0 saturated carbocycles. The molecule has 1 rings (SSSR count). The zero-order valence-corrected chi connectivity index (χ0v) is 7.19. The van der Waals surface area contributed by atoms with Gasteiger partial charge in [-0.2, -0.15) is 0 Å². The van der Waals surface area contributed by atoms with E-state index in [1.54, 1.807) is 5.57 Å². The van der Waals surface area contributed by atoms with Crippen molar-refractivity contribution < 1.29 is 0 Å². The van der Waals surface area contributed by atoms with Crippen molar-refractivity contribution >= 4 is 0 Å². The van der Waals surface area contributed by atoms with Gasteiger partial charge in [-0.15, -0.1) is 0 Å². The first-order valence-electron chi connectivity index (χ1n) is 4.48. The zero-order chi connectivity index (χ0) is 7.40. The van der Waals surface area contributed by atoms with Gasteiger partial charge in [0, 0.05) is 0 Å². The molecule has 0 bridgehead atoms. The molecule has 10 heavy (non-hydrogen) atoms. The van der Waals surface area contributed by atoms with Crippen LogP contribution in [0.2, 0.25) is 0 Å². The second kappa shape index (κ2) is 3.80. The fourth-order valence-corrected chi connectivity index (χ4v) is 1.69. The SMILES string of the molecule is CCC[C@@H]1CC=C(C)CC1. The maximum atomic E-state index is 2.42. The van der Waals surface area contributed by atoms with Gasteiger partial charge in [0.1, 0.15) is 0 Å². The minimum Gasteiger partial charge on any atom is -0.0853 e. The Labute approximate surface area is 64.3 Å². The Kier molecular flexibility index (Phi) is 2.98. The maximum absolute atomic E-state index is 2.42. The van der Waals surface area contributed by atoms with Crippen molar-refractivity contribution in [3.8, 4) is 0 Å². The molecule has 0 aromatic carbocycles. The second-order valence-corrected chi connectivity index (χ2v) is 3.48. The maximum Gasteiger partial charge on any atom is -0.0320 e. The second-order valence-electron chi connectivity index (χ2n) is 3.48. The normalized spacial score (nSPS) is 26.2. The fraction of sp³-hybridized carbons (Fsp3) is 0.800. The van der Waals surface area contributed by atoms with E-state index in [1.807, 2.05) is 0 Å². The van der Waals surface area contributed by atoms with Crippen LogP contribution in [-0.2, 0) is 0 Å². The summed E-state index contributed by atoms with van der Waals surface area (Å²) < 4.78 is 0. The van der Waals surface area contributed by atoms with Crippen LogP contribution in [0.25, 0.3) is 0 Å². The summed E-state index contributed by atoms with van der Waals surface area (Å²) in [6, 6.07) is 0. The standard InChI is InChI=1S/C10H18/c1-3-4-10-7-5-9(2)6-8-10/h5,10H,3-4,6-8H2,1-2H3/t10-/m1/s1. The van der Waals surface area contributed by atoms with Crippen LogP contribution in [0.5, 0.6) is 0 Å². The van der Waals surface area contributed by atoms with Crippen LogP contribution in [0.1, 0.15) is 46.0 Å². The van der Waals surface area contributed by atoms with E-state index in [9.17, 15) is 0 Å². The van der Waals surface area contributed by atoms with Gasteiger partial charge in [0.05, 0.1) is 0 Å². The van der Waals surface area contributed by atoms with Crippen molar-refractivity contribution in [2.75, 3.05) is 0 Å².